The van der Waals surface area contributed by atoms with E-state index in [0.29, 0.717) is 6.42 Å². The average molecular weight is 262 g/mol. The standard InChI is InChI=1S/C16H22O3/c1-2-3-5-10-6-4-7-11-15-12(9-17)13(18)8-14(15)19-16(10)11/h4,6-7,12-15,17-18H,2-3,5,8-9H2,1H3/t12-,13+,14-,15+/m0/s1. The second-order valence-electron chi connectivity index (χ2n) is 5.77. The molecule has 3 rings (SSSR count). The van der Waals surface area contributed by atoms with E-state index in [2.05, 4.69) is 25.1 Å². The van der Waals surface area contributed by atoms with Crippen LogP contribution in [0.2, 0.25) is 0 Å². The van der Waals surface area contributed by atoms with E-state index in [0.717, 1.165) is 12.2 Å². The average Bonchev–Trinajstić information content (AvgIpc) is 2.91. The molecule has 4 atom stereocenters. The maximum absolute atomic E-state index is 9.99. The molecule has 1 aromatic rings. The van der Waals surface area contributed by atoms with Gasteiger partial charge in [-0.1, -0.05) is 31.5 Å². The minimum absolute atomic E-state index is 0.0321. The molecule has 1 aliphatic heterocycles. The van der Waals surface area contributed by atoms with Crippen LogP contribution in [0.25, 0.3) is 0 Å². The smallest absolute Gasteiger partial charge is 0.126 e. The van der Waals surface area contributed by atoms with Crippen molar-refractivity contribution in [2.75, 3.05) is 6.61 Å². The summed E-state index contributed by atoms with van der Waals surface area (Å²) in [6, 6.07) is 6.31. The third-order valence-electron chi connectivity index (χ3n) is 4.60. The number of hydrogen-bond donors (Lipinski definition) is 2. The Kier molecular flexibility index (Phi) is 3.50. The van der Waals surface area contributed by atoms with Crippen LogP contribution in [-0.4, -0.2) is 29.0 Å². The van der Waals surface area contributed by atoms with Crippen molar-refractivity contribution in [3.8, 4) is 5.75 Å². The number of aliphatic hydroxyl groups is 2. The third-order valence-corrected chi connectivity index (χ3v) is 4.60. The minimum atomic E-state index is -0.438. The first-order valence-corrected chi connectivity index (χ1v) is 7.33. The zero-order valence-electron chi connectivity index (χ0n) is 11.4. The van der Waals surface area contributed by atoms with Crippen LogP contribution in [0.5, 0.6) is 5.75 Å². The number of benzene rings is 1. The minimum Gasteiger partial charge on any atom is -0.489 e. The zero-order valence-corrected chi connectivity index (χ0v) is 11.4. The van der Waals surface area contributed by atoms with Crippen molar-refractivity contribution in [3.05, 3.63) is 29.3 Å². The van der Waals surface area contributed by atoms with E-state index in [-0.39, 0.29) is 24.5 Å². The van der Waals surface area contributed by atoms with Gasteiger partial charge in [-0.05, 0) is 18.4 Å². The molecule has 2 aliphatic rings. The summed E-state index contributed by atoms with van der Waals surface area (Å²) in [5, 5.41) is 19.5. The number of rotatable bonds is 4. The molecular formula is C16H22O3. The maximum atomic E-state index is 9.99. The van der Waals surface area contributed by atoms with Crippen molar-refractivity contribution in [2.45, 2.75) is 50.7 Å². The van der Waals surface area contributed by atoms with E-state index in [1.165, 1.54) is 24.0 Å². The fourth-order valence-electron chi connectivity index (χ4n) is 3.59. The maximum Gasteiger partial charge on any atom is 0.126 e. The molecule has 1 fully saturated rings. The van der Waals surface area contributed by atoms with Gasteiger partial charge in [0, 0.05) is 30.4 Å². The van der Waals surface area contributed by atoms with Gasteiger partial charge in [-0.2, -0.15) is 0 Å². The molecule has 1 aliphatic carbocycles. The summed E-state index contributed by atoms with van der Waals surface area (Å²) in [5.74, 6) is 1.11. The molecule has 2 N–H and O–H groups in total. The summed E-state index contributed by atoms with van der Waals surface area (Å²) in [7, 11) is 0. The number of aliphatic hydroxyl groups excluding tert-OH is 2. The Hall–Kier alpha value is -1.06. The van der Waals surface area contributed by atoms with Gasteiger partial charge >= 0.3 is 0 Å². The van der Waals surface area contributed by atoms with Crippen LogP contribution < -0.4 is 4.74 Å². The van der Waals surface area contributed by atoms with Gasteiger partial charge in [-0.15, -0.1) is 0 Å². The molecule has 3 heteroatoms. The van der Waals surface area contributed by atoms with Crippen molar-refractivity contribution in [2.24, 2.45) is 5.92 Å². The fraction of sp³-hybridized carbons (Fsp3) is 0.625. The fourth-order valence-corrected chi connectivity index (χ4v) is 3.59. The van der Waals surface area contributed by atoms with Crippen molar-refractivity contribution in [1.29, 1.82) is 0 Å². The molecule has 0 unspecified atom stereocenters. The SMILES string of the molecule is CCCCc1cccc2c1O[C@H]1C[C@@H](O)[C@H](CO)[C@@H]21. The first-order valence-electron chi connectivity index (χ1n) is 7.33. The van der Waals surface area contributed by atoms with E-state index < -0.39 is 6.10 Å². The highest BCUT2D eigenvalue weighted by Crippen LogP contribution is 2.51. The summed E-state index contributed by atoms with van der Waals surface area (Å²) in [4.78, 5) is 0. The number of para-hydroxylation sites is 1. The van der Waals surface area contributed by atoms with Crippen LogP contribution in [0.3, 0.4) is 0 Å². The lowest BCUT2D eigenvalue weighted by Gasteiger charge is -2.18. The van der Waals surface area contributed by atoms with E-state index in [1.54, 1.807) is 0 Å². The molecule has 0 saturated heterocycles. The Morgan fingerprint density at radius 1 is 1.37 bits per heavy atom. The second kappa shape index (κ2) is 5.14. The van der Waals surface area contributed by atoms with Crippen LogP contribution in [0.15, 0.2) is 18.2 Å². The molecule has 0 aromatic heterocycles. The lowest BCUT2D eigenvalue weighted by atomic mass is 9.87. The number of unbranched alkanes of at least 4 members (excludes halogenated alkanes) is 1. The number of aryl methyl sites for hydroxylation is 1. The Labute approximate surface area is 114 Å². The second-order valence-corrected chi connectivity index (χ2v) is 5.77. The van der Waals surface area contributed by atoms with Crippen molar-refractivity contribution in [1.82, 2.24) is 0 Å². The van der Waals surface area contributed by atoms with Gasteiger partial charge in [0.05, 0.1) is 6.10 Å². The largest absolute Gasteiger partial charge is 0.489 e. The van der Waals surface area contributed by atoms with Gasteiger partial charge in [0.1, 0.15) is 11.9 Å². The van der Waals surface area contributed by atoms with Crippen LogP contribution in [0, 0.1) is 5.92 Å². The summed E-state index contributed by atoms with van der Waals surface area (Å²) < 4.78 is 6.09. The summed E-state index contributed by atoms with van der Waals surface area (Å²) >= 11 is 0. The van der Waals surface area contributed by atoms with E-state index in [4.69, 9.17) is 4.74 Å². The molecule has 3 nitrogen and oxygen atoms in total. The Morgan fingerprint density at radius 3 is 2.95 bits per heavy atom. The molecular weight excluding hydrogens is 240 g/mol. The van der Waals surface area contributed by atoms with Crippen LogP contribution in [0.1, 0.15) is 43.2 Å². The molecule has 104 valence electrons. The molecule has 1 heterocycles. The first-order chi connectivity index (χ1) is 9.26. The topological polar surface area (TPSA) is 49.7 Å². The number of hydrogen-bond acceptors (Lipinski definition) is 3. The predicted octanol–water partition coefficient (Wildman–Crippen LogP) is 2.25. The van der Waals surface area contributed by atoms with Crippen LogP contribution >= 0.6 is 0 Å². The predicted molar refractivity (Wildman–Crippen MR) is 73.4 cm³/mol. The number of fused-ring (bicyclic) bond motifs is 3. The Balaban J connectivity index is 1.92. The highest BCUT2D eigenvalue weighted by Gasteiger charge is 2.49. The summed E-state index contributed by atoms with van der Waals surface area (Å²) in [6.45, 7) is 2.22. The lowest BCUT2D eigenvalue weighted by molar-refractivity contribution is 0.0832. The van der Waals surface area contributed by atoms with Crippen LogP contribution in [-0.2, 0) is 6.42 Å². The Morgan fingerprint density at radius 2 is 2.21 bits per heavy atom. The quantitative estimate of drug-likeness (QED) is 0.875. The van der Waals surface area contributed by atoms with Gasteiger partial charge < -0.3 is 14.9 Å². The zero-order chi connectivity index (χ0) is 13.4. The molecule has 1 aromatic carbocycles. The van der Waals surface area contributed by atoms with Gasteiger partial charge in [0.15, 0.2) is 0 Å². The highest BCUT2D eigenvalue weighted by atomic mass is 16.5. The molecule has 0 spiro atoms. The van der Waals surface area contributed by atoms with Gasteiger partial charge in [-0.3, -0.25) is 0 Å². The Bertz CT molecular complexity index is 457. The lowest BCUT2D eigenvalue weighted by Crippen LogP contribution is -2.22. The van der Waals surface area contributed by atoms with E-state index in [9.17, 15) is 10.2 Å². The highest BCUT2D eigenvalue weighted by molar-refractivity contribution is 5.48. The van der Waals surface area contributed by atoms with E-state index in [1.807, 2.05) is 0 Å². The van der Waals surface area contributed by atoms with Gasteiger partial charge in [-0.25, -0.2) is 0 Å². The van der Waals surface area contributed by atoms with Crippen molar-refractivity contribution in [3.63, 3.8) is 0 Å². The number of ether oxygens (including phenoxy) is 1. The molecule has 0 amide bonds. The summed E-state index contributed by atoms with van der Waals surface area (Å²) in [6.07, 6.45) is 3.64. The van der Waals surface area contributed by atoms with Crippen LogP contribution in [0.4, 0.5) is 0 Å². The van der Waals surface area contributed by atoms with Gasteiger partial charge in [0.25, 0.3) is 0 Å². The monoisotopic (exact) mass is 262 g/mol. The first kappa shape index (κ1) is 12.9. The third kappa shape index (κ3) is 2.05. The molecule has 0 bridgehead atoms. The van der Waals surface area contributed by atoms with Gasteiger partial charge in [0.2, 0.25) is 0 Å². The van der Waals surface area contributed by atoms with Crippen molar-refractivity contribution >= 4 is 0 Å². The normalized spacial score (nSPS) is 31.9. The molecule has 19 heavy (non-hydrogen) atoms. The van der Waals surface area contributed by atoms with Crippen molar-refractivity contribution < 1.29 is 14.9 Å². The van der Waals surface area contributed by atoms with E-state index >= 15 is 0 Å². The summed E-state index contributed by atoms with van der Waals surface area (Å²) in [5.41, 5.74) is 2.47. The molecule has 0 radical (unpaired) electrons. The molecule has 1 saturated carbocycles.